The molecular formula is C20H23N3O5. The van der Waals surface area contributed by atoms with Gasteiger partial charge >= 0.3 is 6.03 Å². The molecule has 8 heteroatoms. The van der Waals surface area contributed by atoms with E-state index in [0.717, 1.165) is 11.1 Å². The van der Waals surface area contributed by atoms with Crippen molar-refractivity contribution >= 4 is 17.6 Å². The van der Waals surface area contributed by atoms with Gasteiger partial charge in [0.05, 0.1) is 13.5 Å². The summed E-state index contributed by atoms with van der Waals surface area (Å²) in [7, 11) is 3.16. The number of benzene rings is 2. The number of hydrogen-bond acceptors (Lipinski definition) is 5. The first-order valence-electron chi connectivity index (χ1n) is 8.90. The van der Waals surface area contributed by atoms with Gasteiger partial charge in [0, 0.05) is 30.9 Å². The van der Waals surface area contributed by atoms with Crippen LogP contribution in [0, 0.1) is 0 Å². The molecule has 0 spiro atoms. The zero-order chi connectivity index (χ0) is 19.9. The SMILES string of the molecule is CNC(=O)Cc1ccc(NC(=O)NCc2cc3c(cc2OC)OCCO3)cc1. The maximum absolute atomic E-state index is 12.2. The van der Waals surface area contributed by atoms with Gasteiger partial charge in [-0.1, -0.05) is 12.1 Å². The zero-order valence-corrected chi connectivity index (χ0v) is 15.8. The van der Waals surface area contributed by atoms with Crippen molar-refractivity contribution in [1.29, 1.82) is 0 Å². The Hall–Kier alpha value is -3.42. The fraction of sp³-hybridized carbons (Fsp3) is 0.300. The molecule has 1 aliphatic rings. The summed E-state index contributed by atoms with van der Waals surface area (Å²) in [6.45, 7) is 1.25. The highest BCUT2D eigenvalue weighted by atomic mass is 16.6. The van der Waals surface area contributed by atoms with Gasteiger partial charge in [0.2, 0.25) is 5.91 Å². The minimum absolute atomic E-state index is 0.0631. The van der Waals surface area contributed by atoms with Crippen molar-refractivity contribution in [3.8, 4) is 17.2 Å². The third-order valence-corrected chi connectivity index (χ3v) is 4.24. The molecule has 3 amide bonds. The predicted molar refractivity (Wildman–Crippen MR) is 104 cm³/mol. The van der Waals surface area contributed by atoms with Crippen LogP contribution in [0.4, 0.5) is 10.5 Å². The number of carbonyl (C=O) groups excluding carboxylic acids is 2. The van der Waals surface area contributed by atoms with Crippen molar-refractivity contribution in [2.75, 3.05) is 32.7 Å². The first-order chi connectivity index (χ1) is 13.6. The number of ether oxygens (including phenoxy) is 3. The molecule has 148 valence electrons. The fourth-order valence-electron chi connectivity index (χ4n) is 2.77. The number of anilines is 1. The number of amides is 3. The molecule has 2 aromatic rings. The minimum Gasteiger partial charge on any atom is -0.496 e. The summed E-state index contributed by atoms with van der Waals surface area (Å²) in [5, 5.41) is 8.13. The van der Waals surface area contributed by atoms with Crippen LogP contribution in [0.5, 0.6) is 17.2 Å². The average Bonchev–Trinajstić information content (AvgIpc) is 2.72. The lowest BCUT2D eigenvalue weighted by Gasteiger charge is -2.21. The second-order valence-corrected chi connectivity index (χ2v) is 6.16. The van der Waals surface area contributed by atoms with Crippen molar-refractivity contribution in [2.24, 2.45) is 0 Å². The summed E-state index contributed by atoms with van der Waals surface area (Å²) in [5.74, 6) is 1.82. The van der Waals surface area contributed by atoms with E-state index in [0.29, 0.717) is 42.6 Å². The number of carbonyl (C=O) groups is 2. The normalized spacial score (nSPS) is 12.1. The lowest BCUT2D eigenvalue weighted by Crippen LogP contribution is -2.28. The number of fused-ring (bicyclic) bond motifs is 1. The summed E-state index contributed by atoms with van der Waals surface area (Å²) in [6, 6.07) is 10.3. The third-order valence-electron chi connectivity index (χ3n) is 4.24. The molecule has 3 rings (SSSR count). The number of nitrogens with one attached hydrogen (secondary N) is 3. The molecule has 0 bridgehead atoms. The van der Waals surface area contributed by atoms with E-state index < -0.39 is 0 Å². The molecule has 0 atom stereocenters. The molecular weight excluding hydrogens is 362 g/mol. The van der Waals surface area contributed by atoms with Crippen LogP contribution in [-0.2, 0) is 17.8 Å². The molecule has 0 aromatic heterocycles. The molecule has 1 aliphatic heterocycles. The Morgan fingerprint density at radius 2 is 1.75 bits per heavy atom. The number of likely N-dealkylation sites (N-methyl/N-ethyl adjacent to an activating group) is 1. The number of urea groups is 1. The largest absolute Gasteiger partial charge is 0.496 e. The van der Waals surface area contributed by atoms with E-state index >= 15 is 0 Å². The van der Waals surface area contributed by atoms with Crippen LogP contribution in [0.2, 0.25) is 0 Å². The van der Waals surface area contributed by atoms with Gasteiger partial charge in [-0.2, -0.15) is 0 Å². The topological polar surface area (TPSA) is 97.9 Å². The van der Waals surface area contributed by atoms with E-state index in [9.17, 15) is 9.59 Å². The van der Waals surface area contributed by atoms with Crippen LogP contribution in [0.1, 0.15) is 11.1 Å². The monoisotopic (exact) mass is 385 g/mol. The Morgan fingerprint density at radius 1 is 1.07 bits per heavy atom. The van der Waals surface area contributed by atoms with Crippen LogP contribution in [-0.4, -0.2) is 39.3 Å². The summed E-state index contributed by atoms with van der Waals surface area (Å²) in [6.07, 6.45) is 0.298. The maximum atomic E-state index is 12.2. The number of methoxy groups -OCH3 is 1. The second-order valence-electron chi connectivity index (χ2n) is 6.16. The molecule has 0 unspecified atom stereocenters. The lowest BCUT2D eigenvalue weighted by molar-refractivity contribution is -0.119. The molecule has 28 heavy (non-hydrogen) atoms. The summed E-state index contributed by atoms with van der Waals surface area (Å²) >= 11 is 0. The van der Waals surface area contributed by atoms with Gasteiger partial charge in [-0.15, -0.1) is 0 Å². The van der Waals surface area contributed by atoms with Gasteiger partial charge in [0.15, 0.2) is 11.5 Å². The van der Waals surface area contributed by atoms with Crippen molar-refractivity contribution in [3.05, 3.63) is 47.5 Å². The van der Waals surface area contributed by atoms with Gasteiger partial charge in [0.1, 0.15) is 19.0 Å². The van der Waals surface area contributed by atoms with E-state index in [1.807, 2.05) is 0 Å². The molecule has 0 aliphatic carbocycles. The van der Waals surface area contributed by atoms with Crippen LogP contribution in [0.3, 0.4) is 0 Å². The van der Waals surface area contributed by atoms with Crippen molar-refractivity contribution in [3.63, 3.8) is 0 Å². The first-order valence-corrected chi connectivity index (χ1v) is 8.90. The van der Waals surface area contributed by atoms with Crippen LogP contribution in [0.15, 0.2) is 36.4 Å². The van der Waals surface area contributed by atoms with E-state index in [2.05, 4.69) is 16.0 Å². The Bertz CT molecular complexity index is 852. The maximum Gasteiger partial charge on any atom is 0.319 e. The Balaban J connectivity index is 1.57. The first kappa shape index (κ1) is 19.3. The Kier molecular flexibility index (Phi) is 6.21. The van der Waals surface area contributed by atoms with Gasteiger partial charge in [-0.05, 0) is 23.8 Å². The van der Waals surface area contributed by atoms with Gasteiger partial charge in [0.25, 0.3) is 0 Å². The molecule has 1 heterocycles. The minimum atomic E-state index is -0.351. The number of rotatable bonds is 6. The summed E-state index contributed by atoms with van der Waals surface area (Å²) in [4.78, 5) is 23.6. The highest BCUT2D eigenvalue weighted by Gasteiger charge is 2.16. The zero-order valence-electron chi connectivity index (χ0n) is 15.8. The predicted octanol–water partition coefficient (Wildman–Crippen LogP) is 2.08. The molecule has 0 radical (unpaired) electrons. The molecule has 0 fully saturated rings. The van der Waals surface area contributed by atoms with E-state index in [-0.39, 0.29) is 18.5 Å². The standard InChI is InChI=1S/C20H23N3O5/c1-21-19(24)9-13-3-5-15(6-4-13)23-20(25)22-12-14-10-17-18(11-16(14)26-2)28-8-7-27-17/h3-6,10-11H,7-9,12H2,1-2H3,(H,21,24)(H2,22,23,25). The van der Waals surface area contributed by atoms with E-state index in [1.54, 1.807) is 50.6 Å². The molecule has 0 saturated carbocycles. The van der Waals surface area contributed by atoms with Gasteiger partial charge < -0.3 is 30.2 Å². The fourth-order valence-corrected chi connectivity index (χ4v) is 2.77. The molecule has 8 nitrogen and oxygen atoms in total. The molecule has 2 aromatic carbocycles. The van der Waals surface area contributed by atoms with E-state index in [1.165, 1.54) is 0 Å². The molecule has 3 N–H and O–H groups in total. The van der Waals surface area contributed by atoms with Gasteiger partial charge in [-0.3, -0.25) is 4.79 Å². The Morgan fingerprint density at radius 3 is 2.39 bits per heavy atom. The van der Waals surface area contributed by atoms with Crippen LogP contribution in [0.25, 0.3) is 0 Å². The average molecular weight is 385 g/mol. The smallest absolute Gasteiger partial charge is 0.319 e. The van der Waals surface area contributed by atoms with Crippen molar-refractivity contribution in [1.82, 2.24) is 10.6 Å². The van der Waals surface area contributed by atoms with Crippen LogP contribution >= 0.6 is 0 Å². The summed E-state index contributed by atoms with van der Waals surface area (Å²) in [5.41, 5.74) is 2.28. The number of hydrogen-bond donors (Lipinski definition) is 3. The summed E-state index contributed by atoms with van der Waals surface area (Å²) < 4.78 is 16.5. The Labute approximate surface area is 163 Å². The third kappa shape index (κ3) is 4.85. The van der Waals surface area contributed by atoms with Crippen LogP contribution < -0.4 is 30.2 Å². The molecule has 0 saturated heterocycles. The highest BCUT2D eigenvalue weighted by molar-refractivity contribution is 5.89. The van der Waals surface area contributed by atoms with Crippen molar-refractivity contribution < 1.29 is 23.8 Å². The highest BCUT2D eigenvalue weighted by Crippen LogP contribution is 2.36. The quantitative estimate of drug-likeness (QED) is 0.707. The lowest BCUT2D eigenvalue weighted by atomic mass is 10.1. The second kappa shape index (κ2) is 8.98. The van der Waals surface area contributed by atoms with Gasteiger partial charge in [-0.25, -0.2) is 4.79 Å². The van der Waals surface area contributed by atoms with Crippen molar-refractivity contribution in [2.45, 2.75) is 13.0 Å². The van der Waals surface area contributed by atoms with E-state index in [4.69, 9.17) is 14.2 Å².